The number of hydrogen-bond acceptors (Lipinski definition) is 3. The minimum absolute atomic E-state index is 0.0679. The maximum Gasteiger partial charge on any atom is 0.332 e. The normalized spacial score (nSPS) is 11.1. The van der Waals surface area contributed by atoms with Crippen LogP contribution in [0.1, 0.15) is 15.9 Å². The Morgan fingerprint density at radius 2 is 1.81 bits per heavy atom. The predicted octanol–water partition coefficient (Wildman–Crippen LogP) is 3.49. The fourth-order valence-corrected chi connectivity index (χ4v) is 2.55. The van der Waals surface area contributed by atoms with Crippen LogP contribution in [0.5, 0.6) is 0 Å². The van der Waals surface area contributed by atoms with Crippen molar-refractivity contribution in [2.45, 2.75) is 10.2 Å². The summed E-state index contributed by atoms with van der Waals surface area (Å²) < 4.78 is 34.6. The number of carbonyl (C=O) groups is 1. The van der Waals surface area contributed by atoms with E-state index in [0.717, 1.165) is 17.7 Å². The van der Waals surface area contributed by atoms with Gasteiger partial charge in [0.15, 0.2) is 0 Å². The molecule has 0 bridgehead atoms. The lowest BCUT2D eigenvalue weighted by molar-refractivity contribution is 0.102. The van der Waals surface area contributed by atoms with E-state index in [9.17, 15) is 17.1 Å². The standard InChI is InChI=1S/C14H11BrFNO3S/c15-9-10-4-6-12(7-5-10)17-14(18)11-2-1-3-13(8-11)21(16,19)20/h1-8H,9H2,(H,17,18). The molecule has 0 radical (unpaired) electrons. The van der Waals surface area contributed by atoms with Crippen LogP contribution in [0.25, 0.3) is 0 Å². The number of halogens is 2. The third-order valence-corrected chi connectivity index (χ3v) is 4.21. The van der Waals surface area contributed by atoms with E-state index in [0.29, 0.717) is 11.0 Å². The second-order valence-corrected chi connectivity index (χ2v) is 6.16. The third kappa shape index (κ3) is 4.12. The highest BCUT2D eigenvalue weighted by Gasteiger charge is 2.14. The molecule has 0 aliphatic rings. The molecule has 0 aliphatic carbocycles. The molecular weight excluding hydrogens is 361 g/mol. The average Bonchev–Trinajstić information content (AvgIpc) is 2.47. The summed E-state index contributed by atoms with van der Waals surface area (Å²) in [6, 6.07) is 12.0. The van der Waals surface area contributed by atoms with E-state index in [1.165, 1.54) is 12.1 Å². The van der Waals surface area contributed by atoms with Crippen molar-refractivity contribution in [3.63, 3.8) is 0 Å². The lowest BCUT2D eigenvalue weighted by Crippen LogP contribution is -2.12. The number of alkyl halides is 1. The average molecular weight is 372 g/mol. The van der Waals surface area contributed by atoms with E-state index in [4.69, 9.17) is 0 Å². The molecule has 7 heteroatoms. The van der Waals surface area contributed by atoms with Gasteiger partial charge in [-0.2, -0.15) is 8.42 Å². The molecule has 21 heavy (non-hydrogen) atoms. The van der Waals surface area contributed by atoms with Crippen LogP contribution in [-0.2, 0) is 15.6 Å². The highest BCUT2D eigenvalue weighted by Crippen LogP contribution is 2.16. The summed E-state index contributed by atoms with van der Waals surface area (Å²) in [4.78, 5) is 11.5. The zero-order chi connectivity index (χ0) is 15.5. The van der Waals surface area contributed by atoms with Crippen molar-refractivity contribution >= 4 is 37.7 Å². The second-order valence-electron chi connectivity index (χ2n) is 4.25. The van der Waals surface area contributed by atoms with Gasteiger partial charge in [-0.05, 0) is 35.9 Å². The van der Waals surface area contributed by atoms with Crippen LogP contribution in [0, 0.1) is 0 Å². The number of amides is 1. The predicted molar refractivity (Wildman–Crippen MR) is 81.8 cm³/mol. The molecule has 0 atom stereocenters. The van der Waals surface area contributed by atoms with Gasteiger partial charge >= 0.3 is 10.2 Å². The molecule has 0 aliphatic heterocycles. The largest absolute Gasteiger partial charge is 0.332 e. The molecular formula is C14H11BrFNO3S. The summed E-state index contributed by atoms with van der Waals surface area (Å²) in [7, 11) is -4.83. The van der Waals surface area contributed by atoms with Crippen molar-refractivity contribution in [1.29, 1.82) is 0 Å². The first-order chi connectivity index (χ1) is 9.90. The van der Waals surface area contributed by atoms with Crippen LogP contribution in [0.4, 0.5) is 9.57 Å². The number of nitrogens with one attached hydrogen (secondary N) is 1. The van der Waals surface area contributed by atoms with Crippen molar-refractivity contribution in [1.82, 2.24) is 0 Å². The van der Waals surface area contributed by atoms with Crippen molar-refractivity contribution in [2.75, 3.05) is 5.32 Å². The molecule has 0 heterocycles. The highest BCUT2D eigenvalue weighted by molar-refractivity contribution is 9.08. The lowest BCUT2D eigenvalue weighted by atomic mass is 10.2. The smallest absolute Gasteiger partial charge is 0.322 e. The molecule has 1 amide bonds. The molecule has 0 saturated carbocycles. The van der Waals surface area contributed by atoms with Gasteiger partial charge in [-0.25, -0.2) is 0 Å². The van der Waals surface area contributed by atoms with Gasteiger partial charge < -0.3 is 5.32 Å². The van der Waals surface area contributed by atoms with Gasteiger partial charge in [0.05, 0.1) is 4.90 Å². The fourth-order valence-electron chi connectivity index (χ4n) is 1.67. The summed E-state index contributed by atoms with van der Waals surface area (Å²) in [6.07, 6.45) is 0. The maximum absolute atomic E-state index is 12.9. The van der Waals surface area contributed by atoms with E-state index in [2.05, 4.69) is 21.2 Å². The Bertz CT molecular complexity index is 760. The number of rotatable bonds is 4. The first kappa shape index (κ1) is 15.7. The SMILES string of the molecule is O=C(Nc1ccc(CBr)cc1)c1cccc(S(=O)(=O)F)c1. The van der Waals surface area contributed by atoms with Crippen LogP contribution in [0.2, 0.25) is 0 Å². The Hall–Kier alpha value is -1.73. The Kier molecular flexibility index (Phi) is 4.74. The number of benzene rings is 2. The van der Waals surface area contributed by atoms with Gasteiger partial charge in [-0.1, -0.05) is 34.1 Å². The monoisotopic (exact) mass is 371 g/mol. The summed E-state index contributed by atoms with van der Waals surface area (Å²) in [5.74, 6) is -0.507. The summed E-state index contributed by atoms with van der Waals surface area (Å²) >= 11 is 3.32. The van der Waals surface area contributed by atoms with Crippen molar-refractivity contribution in [3.8, 4) is 0 Å². The number of anilines is 1. The van der Waals surface area contributed by atoms with Gasteiger partial charge in [0.2, 0.25) is 0 Å². The molecule has 0 fully saturated rings. The number of carbonyl (C=O) groups excluding carboxylic acids is 1. The summed E-state index contributed by atoms with van der Waals surface area (Å²) in [5, 5.41) is 3.32. The minimum atomic E-state index is -4.83. The molecule has 0 unspecified atom stereocenters. The molecule has 2 rings (SSSR count). The van der Waals surface area contributed by atoms with E-state index in [-0.39, 0.29) is 5.56 Å². The van der Waals surface area contributed by atoms with Gasteiger partial charge in [0.1, 0.15) is 0 Å². The van der Waals surface area contributed by atoms with Gasteiger partial charge in [-0.3, -0.25) is 4.79 Å². The van der Waals surface area contributed by atoms with Crippen LogP contribution < -0.4 is 5.32 Å². The highest BCUT2D eigenvalue weighted by atomic mass is 79.9. The quantitative estimate of drug-likeness (QED) is 0.660. The van der Waals surface area contributed by atoms with Crippen molar-refractivity contribution in [3.05, 3.63) is 59.7 Å². The van der Waals surface area contributed by atoms with E-state index >= 15 is 0 Å². The topological polar surface area (TPSA) is 63.2 Å². The Labute approximate surface area is 130 Å². The maximum atomic E-state index is 12.9. The molecule has 2 aromatic carbocycles. The van der Waals surface area contributed by atoms with E-state index < -0.39 is 21.0 Å². The summed E-state index contributed by atoms with van der Waals surface area (Å²) in [6.45, 7) is 0. The Balaban J connectivity index is 2.20. The molecule has 0 aromatic heterocycles. The van der Waals surface area contributed by atoms with Crippen LogP contribution in [0.15, 0.2) is 53.4 Å². The zero-order valence-corrected chi connectivity index (χ0v) is 13.1. The third-order valence-electron chi connectivity index (χ3n) is 2.74. The molecule has 110 valence electrons. The van der Waals surface area contributed by atoms with Crippen LogP contribution >= 0.6 is 15.9 Å². The van der Waals surface area contributed by atoms with Gasteiger partial charge in [0.25, 0.3) is 5.91 Å². The molecule has 0 spiro atoms. The first-order valence-electron chi connectivity index (χ1n) is 5.91. The molecule has 1 N–H and O–H groups in total. The fraction of sp³-hybridized carbons (Fsp3) is 0.0714. The van der Waals surface area contributed by atoms with Crippen molar-refractivity contribution < 1.29 is 17.1 Å². The van der Waals surface area contributed by atoms with E-state index in [1.807, 2.05) is 12.1 Å². The molecule has 0 saturated heterocycles. The Morgan fingerprint density at radius 1 is 1.14 bits per heavy atom. The Morgan fingerprint density at radius 3 is 2.38 bits per heavy atom. The second kappa shape index (κ2) is 6.36. The number of hydrogen-bond donors (Lipinski definition) is 1. The molecule has 2 aromatic rings. The minimum Gasteiger partial charge on any atom is -0.322 e. The summed E-state index contributed by atoms with van der Waals surface area (Å²) in [5.41, 5.74) is 1.69. The van der Waals surface area contributed by atoms with Gasteiger partial charge in [-0.15, -0.1) is 3.89 Å². The van der Waals surface area contributed by atoms with Crippen LogP contribution in [-0.4, -0.2) is 14.3 Å². The van der Waals surface area contributed by atoms with Crippen molar-refractivity contribution in [2.24, 2.45) is 0 Å². The lowest BCUT2D eigenvalue weighted by Gasteiger charge is -2.06. The first-order valence-corrected chi connectivity index (χ1v) is 8.41. The van der Waals surface area contributed by atoms with E-state index in [1.54, 1.807) is 12.1 Å². The molecule has 4 nitrogen and oxygen atoms in total. The van der Waals surface area contributed by atoms with Crippen LogP contribution in [0.3, 0.4) is 0 Å². The zero-order valence-electron chi connectivity index (χ0n) is 10.7. The van der Waals surface area contributed by atoms with Gasteiger partial charge in [0, 0.05) is 16.6 Å².